The molecule has 20 heavy (non-hydrogen) atoms. The molecule has 2 aliphatic rings. The smallest absolute Gasteiger partial charge is 0.128 e. The van der Waals surface area contributed by atoms with E-state index in [2.05, 4.69) is 35.0 Å². The van der Waals surface area contributed by atoms with E-state index in [1.54, 1.807) is 0 Å². The van der Waals surface area contributed by atoms with Crippen LogP contribution in [0.15, 0.2) is 16.6 Å². The monoisotopic (exact) mass is 339 g/mol. The van der Waals surface area contributed by atoms with Gasteiger partial charge in [-0.05, 0) is 42.9 Å². The zero-order valence-corrected chi connectivity index (χ0v) is 13.5. The molecule has 4 heteroatoms. The lowest BCUT2D eigenvalue weighted by Gasteiger charge is -2.28. The molecular formula is C16H22BrNO2. The fourth-order valence-electron chi connectivity index (χ4n) is 3.41. The van der Waals surface area contributed by atoms with Crippen LogP contribution in [0.3, 0.4) is 0 Å². The second-order valence-corrected chi connectivity index (χ2v) is 7.09. The molecule has 1 aromatic carbocycles. The van der Waals surface area contributed by atoms with Crippen molar-refractivity contribution in [2.24, 2.45) is 11.7 Å². The highest BCUT2D eigenvalue weighted by Gasteiger charge is 2.37. The van der Waals surface area contributed by atoms with E-state index in [1.807, 2.05) is 0 Å². The molecule has 0 radical (unpaired) electrons. The molecule has 0 aromatic heterocycles. The third-order valence-electron chi connectivity index (χ3n) is 4.54. The first kappa shape index (κ1) is 14.4. The first-order chi connectivity index (χ1) is 9.62. The highest BCUT2D eigenvalue weighted by Crippen LogP contribution is 2.39. The minimum Gasteiger partial charge on any atom is -0.493 e. The average Bonchev–Trinajstić information content (AvgIpc) is 3.03. The van der Waals surface area contributed by atoms with Crippen molar-refractivity contribution >= 4 is 15.9 Å². The van der Waals surface area contributed by atoms with E-state index in [1.165, 1.54) is 12.0 Å². The molecule has 2 N–H and O–H groups in total. The molecule has 1 heterocycles. The second kappa shape index (κ2) is 5.66. The Bertz CT molecular complexity index is 505. The average molecular weight is 340 g/mol. The minimum atomic E-state index is -0.132. The highest BCUT2D eigenvalue weighted by atomic mass is 79.9. The molecular weight excluding hydrogens is 318 g/mol. The maximum Gasteiger partial charge on any atom is 0.128 e. The summed E-state index contributed by atoms with van der Waals surface area (Å²) in [6, 6.07) is 4.24. The Balaban J connectivity index is 1.75. The first-order valence-electron chi connectivity index (χ1n) is 7.40. The van der Waals surface area contributed by atoms with Crippen LogP contribution in [0.1, 0.15) is 37.3 Å². The van der Waals surface area contributed by atoms with Crippen LogP contribution in [-0.2, 0) is 17.8 Å². The van der Waals surface area contributed by atoms with Crippen LogP contribution < -0.4 is 10.5 Å². The van der Waals surface area contributed by atoms with Crippen LogP contribution >= 0.6 is 15.9 Å². The van der Waals surface area contributed by atoms with Gasteiger partial charge in [0.15, 0.2) is 0 Å². The Morgan fingerprint density at radius 3 is 3.05 bits per heavy atom. The molecule has 0 saturated heterocycles. The second-order valence-electron chi connectivity index (χ2n) is 6.18. The van der Waals surface area contributed by atoms with Gasteiger partial charge in [-0.3, -0.25) is 0 Å². The lowest BCUT2D eigenvalue weighted by Crippen LogP contribution is -2.38. The van der Waals surface area contributed by atoms with Crippen LogP contribution in [-0.4, -0.2) is 18.8 Å². The fraction of sp³-hybridized carbons (Fsp3) is 0.625. The minimum absolute atomic E-state index is 0.132. The quantitative estimate of drug-likeness (QED) is 0.913. The van der Waals surface area contributed by atoms with Gasteiger partial charge in [0.25, 0.3) is 0 Å². The van der Waals surface area contributed by atoms with Gasteiger partial charge in [-0.1, -0.05) is 22.9 Å². The third kappa shape index (κ3) is 2.74. The summed E-state index contributed by atoms with van der Waals surface area (Å²) in [5.41, 5.74) is 8.26. The Morgan fingerprint density at radius 2 is 2.35 bits per heavy atom. The van der Waals surface area contributed by atoms with E-state index < -0.39 is 0 Å². The molecule has 2 atom stereocenters. The topological polar surface area (TPSA) is 44.5 Å². The molecule has 110 valence electrons. The Kier molecular flexibility index (Phi) is 4.07. The summed E-state index contributed by atoms with van der Waals surface area (Å²) in [5, 5.41) is 0. The Labute approximate surface area is 129 Å². The predicted octanol–water partition coefficient (Wildman–Crippen LogP) is 3.42. The molecule has 2 unspecified atom stereocenters. The number of halogens is 1. The van der Waals surface area contributed by atoms with Crippen molar-refractivity contribution in [1.82, 2.24) is 0 Å². The van der Waals surface area contributed by atoms with Crippen molar-refractivity contribution < 1.29 is 9.47 Å². The summed E-state index contributed by atoms with van der Waals surface area (Å²) >= 11 is 3.57. The fourth-order valence-corrected chi connectivity index (χ4v) is 3.96. The van der Waals surface area contributed by atoms with Gasteiger partial charge in [-0.25, -0.2) is 0 Å². The van der Waals surface area contributed by atoms with E-state index in [-0.39, 0.29) is 5.60 Å². The highest BCUT2D eigenvalue weighted by molar-refractivity contribution is 9.10. The summed E-state index contributed by atoms with van der Waals surface area (Å²) in [7, 11) is 0. The summed E-state index contributed by atoms with van der Waals surface area (Å²) in [6.45, 7) is 4.25. The van der Waals surface area contributed by atoms with Crippen LogP contribution in [0.2, 0.25) is 0 Å². The lowest BCUT2D eigenvalue weighted by atomic mass is 10.0. The summed E-state index contributed by atoms with van der Waals surface area (Å²) in [4.78, 5) is 0. The standard InChI is InChI=1S/C16H22BrNO2/c1-11-2-4-16(8-11,10-18)20-9-13-7-14(17)6-12-3-5-19-15(12)13/h6-7,11H,2-5,8-10,18H2,1H3. The lowest BCUT2D eigenvalue weighted by molar-refractivity contribution is -0.0476. The number of hydrogen-bond acceptors (Lipinski definition) is 3. The number of rotatable bonds is 4. The van der Waals surface area contributed by atoms with Crippen molar-refractivity contribution in [3.8, 4) is 5.75 Å². The maximum atomic E-state index is 6.25. The molecule has 1 fully saturated rings. The van der Waals surface area contributed by atoms with Gasteiger partial charge in [-0.15, -0.1) is 0 Å². The SMILES string of the molecule is CC1CCC(CN)(OCc2cc(Br)cc3c2OCC3)C1. The van der Waals surface area contributed by atoms with Crippen molar-refractivity contribution in [3.63, 3.8) is 0 Å². The molecule has 0 bridgehead atoms. The van der Waals surface area contributed by atoms with Gasteiger partial charge in [0.05, 0.1) is 18.8 Å². The maximum absolute atomic E-state index is 6.25. The number of fused-ring (bicyclic) bond motifs is 1. The number of ether oxygens (including phenoxy) is 2. The molecule has 3 nitrogen and oxygen atoms in total. The van der Waals surface area contributed by atoms with Gasteiger partial charge in [-0.2, -0.15) is 0 Å². The van der Waals surface area contributed by atoms with Crippen molar-refractivity contribution in [1.29, 1.82) is 0 Å². The van der Waals surface area contributed by atoms with Crippen LogP contribution in [0.4, 0.5) is 0 Å². The molecule has 3 rings (SSSR count). The Hall–Kier alpha value is -0.580. The van der Waals surface area contributed by atoms with Gasteiger partial charge in [0, 0.05) is 23.0 Å². The zero-order chi connectivity index (χ0) is 14.2. The summed E-state index contributed by atoms with van der Waals surface area (Å²) < 4.78 is 13.1. The largest absolute Gasteiger partial charge is 0.493 e. The third-order valence-corrected chi connectivity index (χ3v) is 5.00. The molecule has 1 saturated carbocycles. The van der Waals surface area contributed by atoms with E-state index in [0.29, 0.717) is 19.1 Å². The molecule has 0 amide bonds. The van der Waals surface area contributed by atoms with E-state index >= 15 is 0 Å². The molecule has 1 aromatic rings. The molecule has 0 spiro atoms. The summed E-state index contributed by atoms with van der Waals surface area (Å²) in [5.74, 6) is 1.73. The van der Waals surface area contributed by atoms with Gasteiger partial charge in [0.1, 0.15) is 5.75 Å². The zero-order valence-electron chi connectivity index (χ0n) is 12.0. The Morgan fingerprint density at radius 1 is 1.50 bits per heavy atom. The van der Waals surface area contributed by atoms with Crippen molar-refractivity contribution in [2.75, 3.05) is 13.2 Å². The van der Waals surface area contributed by atoms with E-state index in [0.717, 1.165) is 41.7 Å². The van der Waals surface area contributed by atoms with E-state index in [9.17, 15) is 0 Å². The van der Waals surface area contributed by atoms with Gasteiger partial charge < -0.3 is 15.2 Å². The van der Waals surface area contributed by atoms with Crippen LogP contribution in [0.25, 0.3) is 0 Å². The number of benzene rings is 1. The van der Waals surface area contributed by atoms with Crippen molar-refractivity contribution in [3.05, 3.63) is 27.7 Å². The normalized spacial score (nSPS) is 28.4. The predicted molar refractivity (Wildman–Crippen MR) is 82.9 cm³/mol. The van der Waals surface area contributed by atoms with Crippen molar-refractivity contribution in [2.45, 2.75) is 44.8 Å². The van der Waals surface area contributed by atoms with Gasteiger partial charge >= 0.3 is 0 Å². The van der Waals surface area contributed by atoms with Gasteiger partial charge in [0.2, 0.25) is 0 Å². The van der Waals surface area contributed by atoms with Crippen LogP contribution in [0, 0.1) is 5.92 Å². The molecule has 1 aliphatic heterocycles. The number of hydrogen-bond donors (Lipinski definition) is 1. The molecule has 1 aliphatic carbocycles. The summed E-state index contributed by atoms with van der Waals surface area (Å²) in [6.07, 6.45) is 4.34. The number of nitrogens with two attached hydrogens (primary N) is 1. The van der Waals surface area contributed by atoms with Crippen LogP contribution in [0.5, 0.6) is 5.75 Å². The first-order valence-corrected chi connectivity index (χ1v) is 8.19. The van der Waals surface area contributed by atoms with E-state index in [4.69, 9.17) is 15.2 Å².